The van der Waals surface area contributed by atoms with Gasteiger partial charge in [-0.2, -0.15) is 0 Å². The van der Waals surface area contributed by atoms with Crippen LogP contribution >= 0.6 is 0 Å². The maximum absolute atomic E-state index is 12.2. The zero-order chi connectivity index (χ0) is 18.5. The van der Waals surface area contributed by atoms with Crippen LogP contribution in [0.5, 0.6) is 0 Å². The van der Waals surface area contributed by atoms with Gasteiger partial charge in [-0.05, 0) is 24.3 Å². The van der Waals surface area contributed by atoms with Gasteiger partial charge in [0.15, 0.2) is 0 Å². The Balaban J connectivity index is 1.36. The number of rotatable bonds is 15. The van der Waals surface area contributed by atoms with Crippen molar-refractivity contribution < 1.29 is 4.79 Å². The van der Waals surface area contributed by atoms with Crippen molar-refractivity contribution in [2.75, 3.05) is 6.54 Å². The normalized spacial score (nSPS) is 18.7. The van der Waals surface area contributed by atoms with E-state index in [1.54, 1.807) is 0 Å². The third-order valence-electron chi connectivity index (χ3n) is 5.68. The van der Waals surface area contributed by atoms with Crippen molar-refractivity contribution in [1.82, 2.24) is 5.32 Å². The maximum atomic E-state index is 12.2. The van der Waals surface area contributed by atoms with Gasteiger partial charge in [0.25, 0.3) is 0 Å². The molecule has 0 spiro atoms. The molecule has 0 bridgehead atoms. The highest BCUT2D eigenvalue weighted by molar-refractivity contribution is 5.82. The van der Waals surface area contributed by atoms with Crippen LogP contribution in [0.25, 0.3) is 0 Å². The van der Waals surface area contributed by atoms with Crippen molar-refractivity contribution in [3.8, 4) is 0 Å². The number of carbonyl (C=O) groups is 1. The van der Waals surface area contributed by atoms with E-state index in [1.807, 2.05) is 6.07 Å². The summed E-state index contributed by atoms with van der Waals surface area (Å²) in [4.78, 5) is 12.2. The molecule has 1 aromatic carbocycles. The highest BCUT2D eigenvalue weighted by Crippen LogP contribution is 2.47. The van der Waals surface area contributed by atoms with Crippen LogP contribution in [0.15, 0.2) is 30.3 Å². The number of unbranched alkanes of at least 4 members (excludes halogenated alkanes) is 11. The fraction of sp³-hybridized carbons (Fsp3) is 0.708. The molecular formula is C24H39NO. The molecule has 2 unspecified atom stereocenters. The second-order valence-corrected chi connectivity index (χ2v) is 8.04. The smallest absolute Gasteiger partial charge is 0.223 e. The SMILES string of the molecule is CCCCCCCCCCCCCCNC(=O)C1CC1c1ccccc1. The van der Waals surface area contributed by atoms with Crippen molar-refractivity contribution in [3.63, 3.8) is 0 Å². The molecule has 2 heteroatoms. The van der Waals surface area contributed by atoms with E-state index in [4.69, 9.17) is 0 Å². The molecule has 0 saturated heterocycles. The summed E-state index contributed by atoms with van der Waals surface area (Å²) in [6.07, 6.45) is 17.3. The van der Waals surface area contributed by atoms with Gasteiger partial charge >= 0.3 is 0 Å². The molecule has 0 heterocycles. The highest BCUT2D eigenvalue weighted by Gasteiger charge is 2.43. The summed E-state index contributed by atoms with van der Waals surface area (Å²) in [6, 6.07) is 10.4. The minimum Gasteiger partial charge on any atom is -0.356 e. The third-order valence-corrected chi connectivity index (χ3v) is 5.68. The molecule has 1 aliphatic carbocycles. The van der Waals surface area contributed by atoms with Crippen LogP contribution in [0.1, 0.15) is 102 Å². The number of amides is 1. The Morgan fingerprint density at radius 2 is 1.38 bits per heavy atom. The first-order chi connectivity index (χ1) is 12.8. The third kappa shape index (κ3) is 8.38. The summed E-state index contributed by atoms with van der Waals surface area (Å²) in [7, 11) is 0. The first-order valence-electron chi connectivity index (χ1n) is 11.2. The number of hydrogen-bond donors (Lipinski definition) is 1. The fourth-order valence-corrected chi connectivity index (χ4v) is 3.86. The monoisotopic (exact) mass is 357 g/mol. The first kappa shape index (κ1) is 21.0. The fourth-order valence-electron chi connectivity index (χ4n) is 3.86. The number of hydrogen-bond acceptors (Lipinski definition) is 1. The van der Waals surface area contributed by atoms with E-state index in [9.17, 15) is 4.79 Å². The summed E-state index contributed by atoms with van der Waals surface area (Å²) >= 11 is 0. The lowest BCUT2D eigenvalue weighted by atomic mass is 10.1. The molecule has 1 aliphatic rings. The summed E-state index contributed by atoms with van der Waals surface area (Å²) < 4.78 is 0. The Labute approximate surface area is 161 Å². The van der Waals surface area contributed by atoms with E-state index < -0.39 is 0 Å². The van der Waals surface area contributed by atoms with E-state index in [1.165, 1.54) is 76.2 Å². The minimum atomic E-state index is 0.217. The van der Waals surface area contributed by atoms with Gasteiger partial charge in [-0.15, -0.1) is 0 Å². The maximum Gasteiger partial charge on any atom is 0.223 e. The van der Waals surface area contributed by atoms with Crippen LogP contribution in [0.2, 0.25) is 0 Å². The van der Waals surface area contributed by atoms with Crippen molar-refractivity contribution in [2.45, 2.75) is 96.3 Å². The first-order valence-corrected chi connectivity index (χ1v) is 11.2. The zero-order valence-corrected chi connectivity index (χ0v) is 16.8. The topological polar surface area (TPSA) is 29.1 Å². The lowest BCUT2D eigenvalue weighted by molar-refractivity contribution is -0.122. The van der Waals surface area contributed by atoms with Gasteiger partial charge in [0.2, 0.25) is 5.91 Å². The van der Waals surface area contributed by atoms with Gasteiger partial charge in [-0.3, -0.25) is 4.79 Å². The Bertz CT molecular complexity index is 484. The zero-order valence-electron chi connectivity index (χ0n) is 16.8. The molecule has 1 amide bonds. The minimum absolute atomic E-state index is 0.217. The summed E-state index contributed by atoms with van der Waals surface area (Å²) in [6.45, 7) is 3.13. The summed E-state index contributed by atoms with van der Waals surface area (Å²) in [5, 5.41) is 3.14. The summed E-state index contributed by atoms with van der Waals surface area (Å²) in [5.74, 6) is 0.940. The Hall–Kier alpha value is -1.31. The largest absolute Gasteiger partial charge is 0.356 e. The van der Waals surface area contributed by atoms with Gasteiger partial charge in [-0.25, -0.2) is 0 Å². The number of benzene rings is 1. The second-order valence-electron chi connectivity index (χ2n) is 8.04. The van der Waals surface area contributed by atoms with E-state index in [0.717, 1.165) is 19.4 Å². The molecule has 0 aromatic heterocycles. The van der Waals surface area contributed by atoms with E-state index in [0.29, 0.717) is 5.92 Å². The molecule has 0 aliphatic heterocycles. The van der Waals surface area contributed by atoms with Gasteiger partial charge in [0, 0.05) is 12.5 Å². The lowest BCUT2D eigenvalue weighted by Gasteiger charge is -2.06. The molecule has 1 N–H and O–H groups in total. The van der Waals surface area contributed by atoms with Gasteiger partial charge in [0.1, 0.15) is 0 Å². The van der Waals surface area contributed by atoms with Crippen LogP contribution in [0.3, 0.4) is 0 Å². The average Bonchev–Trinajstić information content (AvgIpc) is 3.47. The van der Waals surface area contributed by atoms with Crippen molar-refractivity contribution in [3.05, 3.63) is 35.9 Å². The van der Waals surface area contributed by atoms with Crippen LogP contribution < -0.4 is 5.32 Å². The van der Waals surface area contributed by atoms with Gasteiger partial charge < -0.3 is 5.32 Å². The molecule has 2 atom stereocenters. The average molecular weight is 358 g/mol. The van der Waals surface area contributed by atoms with Gasteiger partial charge in [-0.1, -0.05) is 108 Å². The summed E-state index contributed by atoms with van der Waals surface area (Å²) in [5.41, 5.74) is 1.32. The molecule has 146 valence electrons. The lowest BCUT2D eigenvalue weighted by Crippen LogP contribution is -2.26. The second kappa shape index (κ2) is 12.9. The Morgan fingerprint density at radius 1 is 0.846 bits per heavy atom. The number of nitrogens with one attached hydrogen (secondary N) is 1. The molecule has 1 saturated carbocycles. The molecule has 26 heavy (non-hydrogen) atoms. The molecule has 1 aromatic rings. The molecule has 0 radical (unpaired) electrons. The van der Waals surface area contributed by atoms with Gasteiger partial charge in [0.05, 0.1) is 0 Å². The van der Waals surface area contributed by atoms with E-state index >= 15 is 0 Å². The van der Waals surface area contributed by atoms with E-state index in [-0.39, 0.29) is 11.8 Å². The van der Waals surface area contributed by atoms with Crippen LogP contribution in [-0.2, 0) is 4.79 Å². The molecule has 1 fully saturated rings. The predicted molar refractivity (Wildman–Crippen MR) is 111 cm³/mol. The number of carbonyl (C=O) groups excluding carboxylic acids is 1. The van der Waals surface area contributed by atoms with Crippen LogP contribution in [0.4, 0.5) is 0 Å². The van der Waals surface area contributed by atoms with Crippen LogP contribution in [0, 0.1) is 5.92 Å². The molecule has 2 rings (SSSR count). The van der Waals surface area contributed by atoms with Crippen molar-refractivity contribution in [1.29, 1.82) is 0 Å². The van der Waals surface area contributed by atoms with Crippen LogP contribution in [-0.4, -0.2) is 12.5 Å². The van der Waals surface area contributed by atoms with Crippen molar-refractivity contribution in [2.24, 2.45) is 5.92 Å². The molecule has 2 nitrogen and oxygen atoms in total. The van der Waals surface area contributed by atoms with E-state index in [2.05, 4.69) is 36.5 Å². The molecular weight excluding hydrogens is 318 g/mol. The van der Waals surface area contributed by atoms with Crippen molar-refractivity contribution >= 4 is 5.91 Å². The predicted octanol–water partition coefficient (Wildman–Crippen LogP) is 6.61. The Kier molecular flexibility index (Phi) is 10.5. The highest BCUT2D eigenvalue weighted by atomic mass is 16.2. The Morgan fingerprint density at radius 3 is 1.96 bits per heavy atom. The standard InChI is InChI=1S/C24H39NO/c1-2-3-4-5-6-7-8-9-10-11-12-16-19-25-24(26)23-20-22(23)21-17-14-13-15-18-21/h13-15,17-18,22-23H,2-12,16,19-20H2,1H3,(H,25,26). The quantitative estimate of drug-likeness (QED) is 0.352.